The second-order valence-corrected chi connectivity index (χ2v) is 15.8. The Balaban J connectivity index is 0.000000967. The highest BCUT2D eigenvalue weighted by Gasteiger charge is 2.44. The van der Waals surface area contributed by atoms with Gasteiger partial charge in [-0.15, -0.1) is 0 Å². The van der Waals surface area contributed by atoms with Crippen molar-refractivity contribution in [3.05, 3.63) is 156 Å². The van der Waals surface area contributed by atoms with Crippen molar-refractivity contribution in [2.75, 3.05) is 7.05 Å². The van der Waals surface area contributed by atoms with E-state index in [1.807, 2.05) is 0 Å². The Kier molecular flexibility index (Phi) is 23.3. The van der Waals surface area contributed by atoms with Crippen molar-refractivity contribution in [1.29, 1.82) is 5.26 Å². The Labute approximate surface area is 423 Å². The van der Waals surface area contributed by atoms with Crippen LogP contribution >= 0.6 is 45.3 Å². The lowest BCUT2D eigenvalue weighted by Crippen LogP contribution is -2.19. The number of carboxylic acid groups (broad SMARTS) is 2. The van der Waals surface area contributed by atoms with Crippen LogP contribution in [-0.4, -0.2) is 47.9 Å². The molecule has 0 amide bonds. The van der Waals surface area contributed by atoms with Gasteiger partial charge in [-0.25, -0.2) is 54.9 Å². The zero-order valence-corrected chi connectivity index (χ0v) is 38.4. The number of nitriles is 1. The van der Waals surface area contributed by atoms with Crippen LogP contribution in [0.5, 0.6) is 0 Å². The molecule has 0 atom stereocenters. The molecule has 0 aromatic carbocycles. The molecule has 0 saturated heterocycles. The van der Waals surface area contributed by atoms with Crippen LogP contribution in [0.4, 0.5) is 109 Å². The van der Waals surface area contributed by atoms with E-state index >= 15 is 0 Å². The molecule has 0 saturated carbocycles. The number of aliphatic carboxylic acids is 2. The lowest BCUT2D eigenvalue weighted by molar-refractivity contribution is -0.145. The molecule has 2 N–H and O–H groups in total. The number of alkyl halides is 15. The normalized spacial score (nSPS) is 11.0. The Morgan fingerprint density at radius 1 is 0.467 bits per heavy atom. The van der Waals surface area contributed by atoms with Gasteiger partial charge >= 0.3 is 42.8 Å². The fourth-order valence-corrected chi connectivity index (χ4v) is 8.26. The Bertz CT molecular complexity index is 3320. The maximum atomic E-state index is 12.9. The molecule has 0 bridgehead atoms. The van der Waals surface area contributed by atoms with Crippen LogP contribution in [0, 0.1) is 70.5 Å². The number of carbonyl (C=O) groups excluding carboxylic acids is 2. The zero-order chi connectivity index (χ0) is 58.8. The van der Waals surface area contributed by atoms with E-state index in [1.165, 1.54) is 13.1 Å². The van der Waals surface area contributed by atoms with Crippen molar-refractivity contribution in [3.63, 3.8) is 0 Å². The summed E-state index contributed by atoms with van der Waals surface area (Å²) in [5.74, 6) is -4.16. The van der Waals surface area contributed by atoms with Crippen LogP contribution in [0.1, 0.15) is 51.4 Å². The van der Waals surface area contributed by atoms with E-state index in [9.17, 15) is 85.0 Å². The molecule has 0 aliphatic carbocycles. The van der Waals surface area contributed by atoms with Gasteiger partial charge < -0.3 is 15.1 Å². The van der Waals surface area contributed by atoms with E-state index < -0.39 is 138 Å². The number of carboxylic acids is 2. The number of nitrogens with zero attached hydrogens (tertiary/aromatic N) is 10. The quantitative estimate of drug-likeness (QED) is 0.0636. The highest BCUT2D eigenvalue weighted by atomic mass is 32.1. The van der Waals surface area contributed by atoms with E-state index in [1.54, 1.807) is 0 Å². The number of hydrogen-bond acceptors (Lipinski definition) is 9. The van der Waals surface area contributed by atoms with Crippen LogP contribution in [0.3, 0.4) is 0 Å². The monoisotopic (exact) mass is 1140 g/mol. The largest absolute Gasteiger partial charge is 0.478 e. The summed E-state index contributed by atoms with van der Waals surface area (Å²) in [4.78, 5) is 63.1. The molecule has 4 aromatic rings. The molecular weight excluding hydrogens is 1130 g/mol. The second kappa shape index (κ2) is 26.7. The summed E-state index contributed by atoms with van der Waals surface area (Å²) in [6.45, 7) is 58.9. The van der Waals surface area contributed by atoms with Crippen LogP contribution in [0.15, 0.2) is 11.1 Å². The van der Waals surface area contributed by atoms with Gasteiger partial charge in [-0.1, -0.05) is 0 Å². The minimum absolute atomic E-state index is 0.0108. The summed E-state index contributed by atoms with van der Waals surface area (Å²) in [7, 11) is 1.42. The third-order valence-electron chi connectivity index (χ3n) is 7.21. The molecule has 4 rings (SSSR count). The first-order valence-corrected chi connectivity index (χ1v) is 20.3. The third kappa shape index (κ3) is 16.7. The minimum Gasteiger partial charge on any atom is -0.478 e. The fourth-order valence-electron chi connectivity index (χ4n) is 4.56. The van der Waals surface area contributed by atoms with Crippen molar-refractivity contribution >= 4 is 125 Å². The van der Waals surface area contributed by atoms with E-state index in [0.717, 1.165) is 0 Å². The van der Waals surface area contributed by atoms with Crippen LogP contribution < -0.4 is 0 Å². The smallest absolute Gasteiger partial charge is 0.423 e. The second-order valence-electron chi connectivity index (χ2n) is 11.7. The predicted octanol–water partition coefficient (Wildman–Crippen LogP) is 16.7. The van der Waals surface area contributed by atoms with Gasteiger partial charge in [-0.2, -0.15) is 116 Å². The average molecular weight is 1140 g/mol. The third-order valence-corrected chi connectivity index (χ3v) is 11.2. The highest BCUT2D eigenvalue weighted by Crippen LogP contribution is 2.53. The summed E-state index contributed by atoms with van der Waals surface area (Å²) >= 11 is 1.05. The van der Waals surface area contributed by atoms with Gasteiger partial charge in [0.1, 0.15) is 17.2 Å². The van der Waals surface area contributed by atoms with E-state index in [4.69, 9.17) is 74.6 Å². The SMILES string of the molecule is [C-]#[N+]C.[C-]#[N+]c1sc(/C=C(/C(=O)O)C(F)(F)F)c(C(F)(F)F)c1[N+]#[C-].[C-]#[N+]c1sc(/C=C(\C#N)C(=O)O)c(C(F)(F)F)c1[N+]#[C-].[C-]#[N+]c1sc(C=O)c(C(F)(F)F)c1[N+]#[C-].[C-]#[N+]c1sc(C=O)c(C(F)(F)F)c1[N+]#[C-]. The molecule has 0 unspecified atom stereocenters. The maximum Gasteiger partial charge on any atom is 0.423 e. The van der Waals surface area contributed by atoms with Gasteiger partial charge in [0.15, 0.2) is 12.6 Å². The molecule has 16 nitrogen and oxygen atoms in total. The molecule has 4 heterocycles. The van der Waals surface area contributed by atoms with Crippen molar-refractivity contribution in [2.24, 2.45) is 0 Å². The van der Waals surface area contributed by atoms with Gasteiger partial charge in [-0.3, -0.25) is 9.59 Å². The molecule has 0 spiro atoms. The lowest BCUT2D eigenvalue weighted by Gasteiger charge is -2.10. The van der Waals surface area contributed by atoms with Crippen LogP contribution in [-0.2, 0) is 34.3 Å². The zero-order valence-electron chi connectivity index (χ0n) is 35.1. The number of hydrogen-bond donors (Lipinski definition) is 2. The van der Waals surface area contributed by atoms with Crippen LogP contribution in [0.2, 0.25) is 0 Å². The number of rotatable bonds is 6. The molecule has 4 aromatic heterocycles. The number of thiophene rings is 4. The van der Waals surface area contributed by atoms with Gasteiger partial charge in [-0.05, 0) is 12.2 Å². The standard InChI is InChI=1S/C11H2F6N2O2S.C11H2F3N3O2S.2C8HF3N2OS.C2H3N/c1-18-7-6(11(15,16)17)5(22-8(7)19-2)3-4(9(20)21)10(12,13)14;1-16-8-7(11(12,13)14)6(20-9(8)17-2)3-5(4-15)10(18)19;2*1-12-6-5(8(9,10)11)4(3-14)15-7(6)13-2;1-3-2/h3H,(H,20,21);3H,(H,18,19);2*3H;1H3/b4-3-;5-3+;;;. The molecule has 35 heteroatoms. The van der Waals surface area contributed by atoms with Gasteiger partial charge in [0.25, 0.3) is 0 Å². The summed E-state index contributed by atoms with van der Waals surface area (Å²) < 4.78 is 190. The summed E-state index contributed by atoms with van der Waals surface area (Å²) in [6.07, 6.45) is -24.8. The van der Waals surface area contributed by atoms with Gasteiger partial charge in [0.05, 0.1) is 84.6 Å². The topological polar surface area (TPSA) is 172 Å². The van der Waals surface area contributed by atoms with E-state index in [2.05, 4.69) is 43.6 Å². The molecule has 0 radical (unpaired) electrons. The van der Waals surface area contributed by atoms with Crippen LogP contribution in [0.25, 0.3) is 55.8 Å². The first-order chi connectivity index (χ1) is 34.5. The molecular formula is C40H9F15N10O6S4. The van der Waals surface area contributed by atoms with Crippen molar-refractivity contribution < 1.29 is 95.2 Å². The maximum absolute atomic E-state index is 12.9. The average Bonchev–Trinajstić information content (AvgIpc) is 4.08. The number of aldehydes is 2. The predicted molar refractivity (Wildman–Crippen MR) is 234 cm³/mol. The van der Waals surface area contributed by atoms with Gasteiger partial charge in [0.2, 0.25) is 49.8 Å². The first kappa shape index (κ1) is 65.4. The van der Waals surface area contributed by atoms with Crippen molar-refractivity contribution in [2.45, 2.75) is 30.9 Å². The molecule has 384 valence electrons. The molecule has 0 aliphatic heterocycles. The minimum atomic E-state index is -5.39. The lowest BCUT2D eigenvalue weighted by atomic mass is 10.1. The number of halogens is 15. The summed E-state index contributed by atoms with van der Waals surface area (Å²) in [5.41, 5.74) is -12.5. The molecule has 75 heavy (non-hydrogen) atoms. The van der Waals surface area contributed by atoms with E-state index in [-0.39, 0.29) is 30.0 Å². The fraction of sp³-hybridized carbons (Fsp3) is 0.150. The van der Waals surface area contributed by atoms with E-state index in [0.29, 0.717) is 40.1 Å². The molecule has 0 fully saturated rings. The van der Waals surface area contributed by atoms with Crippen molar-refractivity contribution in [1.82, 2.24) is 0 Å². The molecule has 0 aliphatic rings. The highest BCUT2D eigenvalue weighted by molar-refractivity contribution is 7.19. The van der Waals surface area contributed by atoms with Gasteiger partial charge in [0, 0.05) is 9.75 Å². The Morgan fingerprint density at radius 3 is 0.880 bits per heavy atom. The summed E-state index contributed by atoms with van der Waals surface area (Å²) in [6, 6.07) is 1.24. The first-order valence-electron chi connectivity index (χ1n) is 17.0. The Morgan fingerprint density at radius 2 is 0.707 bits per heavy atom. The number of carbonyl (C=O) groups is 4. The van der Waals surface area contributed by atoms with Crippen molar-refractivity contribution in [3.8, 4) is 6.07 Å². The Hall–Kier alpha value is -9.59. The summed E-state index contributed by atoms with van der Waals surface area (Å²) in [5, 5.41) is 23.6.